The zero-order chi connectivity index (χ0) is 19.8. The molecule has 3 heterocycles. The maximum absolute atomic E-state index is 4.61. The van der Waals surface area contributed by atoms with Gasteiger partial charge < -0.3 is 0 Å². The van der Waals surface area contributed by atoms with E-state index in [1.54, 1.807) is 0 Å². The summed E-state index contributed by atoms with van der Waals surface area (Å²) in [5.41, 5.74) is 6.60. The predicted octanol–water partition coefficient (Wildman–Crippen LogP) is 6.37. The van der Waals surface area contributed by atoms with Crippen molar-refractivity contribution in [2.75, 3.05) is 0 Å². The molecular weight excluding hydrogens is 340 g/mol. The van der Waals surface area contributed by atoms with E-state index in [4.69, 9.17) is 0 Å². The predicted molar refractivity (Wildman–Crippen MR) is 119 cm³/mol. The van der Waals surface area contributed by atoms with Crippen molar-refractivity contribution in [1.29, 1.82) is 0 Å². The standard InChI is InChI=1S/C26H29N2/c1-7-26(8-2)17(3)19-10-9-11-20-21-16-18(25(4,5)6)12-13-22(21)27-14-15-28(26)24(27)23(19)20/h9-16H,3,7-8H2,1-2,4-6H3/q+1. The highest BCUT2D eigenvalue weighted by Gasteiger charge is 2.44. The minimum absolute atomic E-state index is 0.0466. The first-order valence-corrected chi connectivity index (χ1v) is 10.5. The van der Waals surface area contributed by atoms with Gasteiger partial charge in [-0.15, -0.1) is 0 Å². The van der Waals surface area contributed by atoms with Crippen molar-refractivity contribution >= 4 is 32.9 Å². The first-order chi connectivity index (χ1) is 13.3. The van der Waals surface area contributed by atoms with E-state index >= 15 is 0 Å². The Morgan fingerprint density at radius 2 is 1.79 bits per heavy atom. The average molecular weight is 370 g/mol. The molecule has 2 nitrogen and oxygen atoms in total. The lowest BCUT2D eigenvalue weighted by Gasteiger charge is -2.35. The van der Waals surface area contributed by atoms with Crippen molar-refractivity contribution in [2.45, 2.75) is 58.4 Å². The first kappa shape index (κ1) is 17.5. The normalized spacial score (nSPS) is 16.0. The molecule has 0 fully saturated rings. The first-order valence-electron chi connectivity index (χ1n) is 10.5. The van der Waals surface area contributed by atoms with Crippen molar-refractivity contribution in [1.82, 2.24) is 4.40 Å². The molecule has 0 unspecified atom stereocenters. The number of aromatic nitrogens is 2. The number of imidazole rings is 1. The van der Waals surface area contributed by atoms with Gasteiger partial charge in [0.25, 0.3) is 5.65 Å². The Hall–Kier alpha value is -2.61. The van der Waals surface area contributed by atoms with Gasteiger partial charge in [-0.1, -0.05) is 65.5 Å². The number of benzene rings is 2. The summed E-state index contributed by atoms with van der Waals surface area (Å²) < 4.78 is 4.88. The fourth-order valence-corrected chi connectivity index (χ4v) is 5.28. The van der Waals surface area contributed by atoms with Crippen LogP contribution in [-0.2, 0) is 11.0 Å². The number of pyridine rings is 1. The Labute approximate surface area is 167 Å². The molecule has 0 saturated carbocycles. The van der Waals surface area contributed by atoms with Gasteiger partial charge in [-0.2, -0.15) is 4.40 Å². The summed E-state index contributed by atoms with van der Waals surface area (Å²) in [6.45, 7) is 16.0. The fourth-order valence-electron chi connectivity index (χ4n) is 5.28. The summed E-state index contributed by atoms with van der Waals surface area (Å²) in [7, 11) is 0. The maximum Gasteiger partial charge on any atom is 0.296 e. The molecule has 0 aliphatic carbocycles. The molecule has 2 aromatic heterocycles. The van der Waals surface area contributed by atoms with Crippen LogP contribution in [0.15, 0.2) is 55.4 Å². The Balaban J connectivity index is 2.05. The van der Waals surface area contributed by atoms with Crippen LogP contribution in [0.5, 0.6) is 0 Å². The summed E-state index contributed by atoms with van der Waals surface area (Å²) >= 11 is 0. The number of hydrogen-bond donors (Lipinski definition) is 0. The molecule has 0 spiro atoms. The zero-order valence-corrected chi connectivity index (χ0v) is 17.6. The van der Waals surface area contributed by atoms with E-state index in [0.717, 1.165) is 12.8 Å². The largest absolute Gasteiger partial charge is 0.296 e. The van der Waals surface area contributed by atoms with E-state index in [1.165, 1.54) is 44.0 Å². The second-order valence-electron chi connectivity index (χ2n) is 9.29. The minimum Gasteiger partial charge on any atom is -0.220 e. The molecule has 2 aromatic carbocycles. The van der Waals surface area contributed by atoms with E-state index in [9.17, 15) is 0 Å². The molecule has 0 amide bonds. The Morgan fingerprint density at radius 1 is 1.04 bits per heavy atom. The van der Waals surface area contributed by atoms with Crippen LogP contribution in [0.25, 0.3) is 32.9 Å². The third kappa shape index (κ3) is 1.96. The highest BCUT2D eigenvalue weighted by Crippen LogP contribution is 2.44. The lowest BCUT2D eigenvalue weighted by atomic mass is 9.77. The lowest BCUT2D eigenvalue weighted by molar-refractivity contribution is -0.726. The molecule has 2 heteroatoms. The second-order valence-corrected chi connectivity index (χ2v) is 9.29. The molecule has 0 atom stereocenters. The molecule has 1 aliphatic rings. The van der Waals surface area contributed by atoms with E-state index in [2.05, 4.69) is 99.0 Å². The van der Waals surface area contributed by atoms with Gasteiger partial charge in [-0.3, -0.25) is 0 Å². The zero-order valence-electron chi connectivity index (χ0n) is 17.6. The highest BCUT2D eigenvalue weighted by molar-refractivity contribution is 6.15. The summed E-state index contributed by atoms with van der Waals surface area (Å²) in [5, 5.41) is 4.00. The van der Waals surface area contributed by atoms with Crippen LogP contribution in [0.4, 0.5) is 0 Å². The van der Waals surface area contributed by atoms with E-state index in [1.807, 2.05) is 0 Å². The summed E-state index contributed by atoms with van der Waals surface area (Å²) in [4.78, 5) is 0. The van der Waals surface area contributed by atoms with Crippen LogP contribution >= 0.6 is 0 Å². The number of rotatable bonds is 2. The molecule has 0 N–H and O–H groups in total. The topological polar surface area (TPSA) is 8.29 Å². The van der Waals surface area contributed by atoms with Crippen LogP contribution in [0.2, 0.25) is 0 Å². The number of fused-ring (bicyclic) bond motifs is 3. The summed E-state index contributed by atoms with van der Waals surface area (Å²) in [6.07, 6.45) is 6.59. The molecule has 4 aromatic rings. The van der Waals surface area contributed by atoms with Gasteiger partial charge in [-0.05, 0) is 41.5 Å². The maximum atomic E-state index is 4.61. The van der Waals surface area contributed by atoms with Crippen LogP contribution in [0, 0.1) is 0 Å². The van der Waals surface area contributed by atoms with E-state index in [-0.39, 0.29) is 11.0 Å². The molecule has 142 valence electrons. The van der Waals surface area contributed by atoms with Crippen LogP contribution in [0.1, 0.15) is 58.6 Å². The molecule has 1 aliphatic heterocycles. The molecule has 28 heavy (non-hydrogen) atoms. The van der Waals surface area contributed by atoms with Crippen molar-refractivity contribution in [2.24, 2.45) is 0 Å². The Bertz CT molecular complexity index is 1280. The third-order valence-corrected chi connectivity index (χ3v) is 7.04. The minimum atomic E-state index is -0.0466. The van der Waals surface area contributed by atoms with Gasteiger partial charge in [0.05, 0.1) is 5.39 Å². The lowest BCUT2D eigenvalue weighted by Crippen LogP contribution is -2.57. The highest BCUT2D eigenvalue weighted by atomic mass is 15.2. The SMILES string of the molecule is C=C1c2cccc3c4cc(C(C)(C)C)ccc4n4cc[n+](c4c23)C1(CC)CC. The Kier molecular flexibility index (Phi) is 3.42. The van der Waals surface area contributed by atoms with Gasteiger partial charge in [0.15, 0.2) is 0 Å². The number of hydrogen-bond acceptors (Lipinski definition) is 0. The van der Waals surface area contributed by atoms with Gasteiger partial charge in [-0.25, -0.2) is 4.57 Å². The molecule has 5 rings (SSSR count). The average Bonchev–Trinajstić information content (AvgIpc) is 3.14. The van der Waals surface area contributed by atoms with Crippen molar-refractivity contribution < 1.29 is 4.57 Å². The monoisotopic (exact) mass is 369 g/mol. The summed E-state index contributed by atoms with van der Waals surface area (Å²) in [6, 6.07) is 13.7. The second kappa shape index (κ2) is 5.47. The van der Waals surface area contributed by atoms with Crippen LogP contribution < -0.4 is 4.57 Å². The third-order valence-electron chi connectivity index (χ3n) is 7.04. The summed E-state index contributed by atoms with van der Waals surface area (Å²) in [5.74, 6) is 0. The van der Waals surface area contributed by atoms with E-state index < -0.39 is 0 Å². The van der Waals surface area contributed by atoms with Crippen LogP contribution in [-0.4, -0.2) is 4.40 Å². The molecule has 0 radical (unpaired) electrons. The smallest absolute Gasteiger partial charge is 0.220 e. The Morgan fingerprint density at radius 3 is 2.46 bits per heavy atom. The van der Waals surface area contributed by atoms with Gasteiger partial charge in [0.2, 0.25) is 0 Å². The van der Waals surface area contributed by atoms with Crippen molar-refractivity contribution in [3.05, 3.63) is 66.5 Å². The van der Waals surface area contributed by atoms with Crippen molar-refractivity contribution in [3.8, 4) is 0 Å². The van der Waals surface area contributed by atoms with E-state index in [0.29, 0.717) is 0 Å². The van der Waals surface area contributed by atoms with Gasteiger partial charge in [0, 0.05) is 16.3 Å². The fraction of sp³-hybridized carbons (Fsp3) is 0.346. The van der Waals surface area contributed by atoms with Gasteiger partial charge in [0.1, 0.15) is 23.4 Å². The van der Waals surface area contributed by atoms with Gasteiger partial charge >= 0.3 is 0 Å². The molecule has 0 saturated heterocycles. The quantitative estimate of drug-likeness (QED) is 0.286. The van der Waals surface area contributed by atoms with Crippen LogP contribution in [0.3, 0.4) is 0 Å². The molecular formula is C26H29N2+. The number of nitrogens with zero attached hydrogens (tertiary/aromatic N) is 2. The van der Waals surface area contributed by atoms with Crippen molar-refractivity contribution in [3.63, 3.8) is 0 Å². The molecule has 0 bridgehead atoms. The number of allylic oxidation sites excluding steroid dienone is 1.